The molecule has 0 aliphatic carbocycles. The van der Waals surface area contributed by atoms with Crippen LogP contribution in [0.25, 0.3) is 5.69 Å². The number of nitriles is 1. The molecule has 0 bridgehead atoms. The molecule has 0 radical (unpaired) electrons. The maximum atomic E-state index is 11.6. The fourth-order valence-electron chi connectivity index (χ4n) is 2.31. The third kappa shape index (κ3) is 2.34. The van der Waals surface area contributed by atoms with Crippen LogP contribution in [-0.4, -0.2) is 10.4 Å². The predicted molar refractivity (Wildman–Crippen MR) is 77.7 cm³/mol. The van der Waals surface area contributed by atoms with Crippen LogP contribution in [0.3, 0.4) is 0 Å². The first-order chi connectivity index (χ1) is 8.95. The molecule has 0 spiro atoms. The van der Waals surface area contributed by atoms with Gasteiger partial charge >= 0.3 is 0 Å². The molecule has 0 saturated heterocycles. The van der Waals surface area contributed by atoms with E-state index >= 15 is 0 Å². The van der Waals surface area contributed by atoms with E-state index in [1.165, 1.54) is 0 Å². The molecule has 0 atom stereocenters. The Morgan fingerprint density at radius 1 is 1.37 bits per heavy atom. The first kappa shape index (κ1) is 13.6. The molecular formula is C15H13BrN2O. The molecule has 1 heterocycles. The molecule has 19 heavy (non-hydrogen) atoms. The summed E-state index contributed by atoms with van der Waals surface area (Å²) in [6.07, 6.45) is 1.94. The van der Waals surface area contributed by atoms with E-state index in [1.807, 2.05) is 36.7 Å². The predicted octanol–water partition coefficient (Wildman–Crippen LogP) is 3.93. The normalized spacial score (nSPS) is 10.3. The van der Waals surface area contributed by atoms with Gasteiger partial charge in [0, 0.05) is 27.6 Å². The number of nitrogens with zero attached hydrogens (tertiary/aromatic N) is 2. The topological polar surface area (TPSA) is 45.8 Å². The summed E-state index contributed by atoms with van der Waals surface area (Å²) in [6, 6.07) is 7.64. The number of Topliss-reactive ketones (excluding diaryl/α,β-unsaturated/α-hetero) is 1. The van der Waals surface area contributed by atoms with Gasteiger partial charge in [-0.2, -0.15) is 5.26 Å². The average molecular weight is 317 g/mol. The highest BCUT2D eigenvalue weighted by atomic mass is 79.9. The zero-order valence-corrected chi connectivity index (χ0v) is 12.6. The number of benzene rings is 1. The maximum Gasteiger partial charge on any atom is 0.161 e. The molecule has 0 N–H and O–H groups in total. The fourth-order valence-corrected chi connectivity index (χ4v) is 2.76. The molecule has 0 fully saturated rings. The number of carbonyl (C=O) groups excluding carboxylic acids is 1. The SMILES string of the molecule is CC(=O)c1c(C)cn(-c2ccc(C#N)c(Br)c2)c1C. The van der Waals surface area contributed by atoms with E-state index in [4.69, 9.17) is 5.26 Å². The largest absolute Gasteiger partial charge is 0.320 e. The average Bonchev–Trinajstić information content (AvgIpc) is 2.64. The van der Waals surface area contributed by atoms with Gasteiger partial charge in [0.2, 0.25) is 0 Å². The maximum absolute atomic E-state index is 11.6. The molecule has 0 aliphatic heterocycles. The van der Waals surface area contributed by atoms with E-state index in [2.05, 4.69) is 22.0 Å². The Kier molecular flexibility index (Phi) is 3.59. The van der Waals surface area contributed by atoms with E-state index in [0.717, 1.165) is 27.0 Å². The highest BCUT2D eigenvalue weighted by molar-refractivity contribution is 9.10. The highest BCUT2D eigenvalue weighted by Crippen LogP contribution is 2.25. The van der Waals surface area contributed by atoms with Crippen LogP contribution in [0, 0.1) is 25.2 Å². The Labute approximate surface area is 120 Å². The second-order valence-corrected chi connectivity index (χ2v) is 5.33. The summed E-state index contributed by atoms with van der Waals surface area (Å²) >= 11 is 3.38. The summed E-state index contributed by atoms with van der Waals surface area (Å²) < 4.78 is 2.72. The highest BCUT2D eigenvalue weighted by Gasteiger charge is 2.14. The minimum Gasteiger partial charge on any atom is -0.320 e. The molecule has 2 rings (SSSR count). The van der Waals surface area contributed by atoms with Crippen LogP contribution in [0.4, 0.5) is 0 Å². The number of hydrogen-bond donors (Lipinski definition) is 0. The lowest BCUT2D eigenvalue weighted by atomic mass is 10.1. The first-order valence-corrected chi connectivity index (χ1v) is 6.64. The van der Waals surface area contributed by atoms with E-state index in [9.17, 15) is 4.79 Å². The van der Waals surface area contributed by atoms with E-state index < -0.39 is 0 Å². The summed E-state index contributed by atoms with van der Waals surface area (Å²) in [5.74, 6) is 0.0708. The van der Waals surface area contributed by atoms with Crippen molar-refractivity contribution in [1.29, 1.82) is 5.26 Å². The van der Waals surface area contributed by atoms with Crippen LogP contribution in [0.2, 0.25) is 0 Å². The third-order valence-electron chi connectivity index (χ3n) is 3.14. The molecular weight excluding hydrogens is 304 g/mol. The van der Waals surface area contributed by atoms with Crippen molar-refractivity contribution in [2.24, 2.45) is 0 Å². The standard InChI is InChI=1S/C15H13BrN2O/c1-9-8-18(10(2)15(9)11(3)19)13-5-4-12(7-17)14(16)6-13/h4-6,8H,1-3H3. The van der Waals surface area contributed by atoms with Crippen molar-refractivity contribution in [2.45, 2.75) is 20.8 Å². The number of rotatable bonds is 2. The van der Waals surface area contributed by atoms with Gasteiger partial charge in [-0.3, -0.25) is 4.79 Å². The second-order valence-electron chi connectivity index (χ2n) is 4.47. The van der Waals surface area contributed by atoms with Crippen LogP contribution < -0.4 is 0 Å². The van der Waals surface area contributed by atoms with Crippen molar-refractivity contribution in [3.63, 3.8) is 0 Å². The number of ketones is 1. The smallest absolute Gasteiger partial charge is 0.161 e. The summed E-state index contributed by atoms with van der Waals surface area (Å²) in [5, 5.41) is 8.92. The van der Waals surface area contributed by atoms with E-state index in [0.29, 0.717) is 5.56 Å². The minimum atomic E-state index is 0.0708. The van der Waals surface area contributed by atoms with Crippen molar-refractivity contribution in [1.82, 2.24) is 4.57 Å². The van der Waals surface area contributed by atoms with Gasteiger partial charge in [-0.05, 0) is 60.5 Å². The number of aryl methyl sites for hydroxylation is 1. The van der Waals surface area contributed by atoms with Crippen molar-refractivity contribution in [3.8, 4) is 11.8 Å². The summed E-state index contributed by atoms with van der Waals surface area (Å²) in [7, 11) is 0. The lowest BCUT2D eigenvalue weighted by Gasteiger charge is -2.08. The monoisotopic (exact) mass is 316 g/mol. The molecule has 0 saturated carbocycles. The Morgan fingerprint density at radius 2 is 2.05 bits per heavy atom. The van der Waals surface area contributed by atoms with Crippen molar-refractivity contribution in [3.05, 3.63) is 51.3 Å². The lowest BCUT2D eigenvalue weighted by molar-refractivity contribution is 0.101. The quantitative estimate of drug-likeness (QED) is 0.788. The van der Waals surface area contributed by atoms with Crippen LogP contribution in [0.5, 0.6) is 0 Å². The van der Waals surface area contributed by atoms with Crippen LogP contribution >= 0.6 is 15.9 Å². The molecule has 0 unspecified atom stereocenters. The first-order valence-electron chi connectivity index (χ1n) is 5.85. The van der Waals surface area contributed by atoms with Gasteiger partial charge in [-0.15, -0.1) is 0 Å². The summed E-state index contributed by atoms with van der Waals surface area (Å²) in [6.45, 7) is 5.43. The lowest BCUT2D eigenvalue weighted by Crippen LogP contribution is -2.00. The molecule has 0 aliphatic rings. The van der Waals surface area contributed by atoms with Crippen LogP contribution in [0.1, 0.15) is 34.1 Å². The van der Waals surface area contributed by atoms with Gasteiger partial charge in [0.1, 0.15) is 6.07 Å². The zero-order valence-electron chi connectivity index (χ0n) is 11.0. The Morgan fingerprint density at radius 3 is 2.53 bits per heavy atom. The molecule has 4 heteroatoms. The Bertz CT molecular complexity index is 708. The fraction of sp³-hybridized carbons (Fsp3) is 0.200. The molecule has 96 valence electrons. The molecule has 3 nitrogen and oxygen atoms in total. The third-order valence-corrected chi connectivity index (χ3v) is 3.80. The van der Waals surface area contributed by atoms with Gasteiger partial charge in [-0.25, -0.2) is 0 Å². The molecule has 1 aromatic carbocycles. The Hall–Kier alpha value is -1.86. The van der Waals surface area contributed by atoms with Gasteiger partial charge in [-0.1, -0.05) is 0 Å². The Balaban J connectivity index is 2.61. The molecule has 1 aromatic heterocycles. The van der Waals surface area contributed by atoms with Crippen molar-refractivity contribution in [2.75, 3.05) is 0 Å². The number of carbonyl (C=O) groups is 1. The van der Waals surface area contributed by atoms with Crippen molar-refractivity contribution < 1.29 is 4.79 Å². The van der Waals surface area contributed by atoms with Gasteiger partial charge in [0.05, 0.1) is 5.56 Å². The van der Waals surface area contributed by atoms with Gasteiger partial charge in [0.25, 0.3) is 0 Å². The number of halogens is 1. The summed E-state index contributed by atoms with van der Waals surface area (Å²) in [5.41, 5.74) is 4.17. The molecule has 2 aromatic rings. The van der Waals surface area contributed by atoms with Crippen LogP contribution in [-0.2, 0) is 0 Å². The van der Waals surface area contributed by atoms with E-state index in [-0.39, 0.29) is 5.78 Å². The van der Waals surface area contributed by atoms with Crippen LogP contribution in [0.15, 0.2) is 28.9 Å². The number of aromatic nitrogens is 1. The van der Waals surface area contributed by atoms with Gasteiger partial charge in [0.15, 0.2) is 5.78 Å². The molecule has 0 amide bonds. The van der Waals surface area contributed by atoms with Gasteiger partial charge < -0.3 is 4.57 Å². The zero-order chi connectivity index (χ0) is 14.2. The summed E-state index contributed by atoms with van der Waals surface area (Å²) in [4.78, 5) is 11.6. The van der Waals surface area contributed by atoms with Crippen molar-refractivity contribution >= 4 is 21.7 Å². The minimum absolute atomic E-state index is 0.0708. The second kappa shape index (κ2) is 5.02. The van der Waals surface area contributed by atoms with E-state index in [1.54, 1.807) is 13.0 Å². The number of hydrogen-bond acceptors (Lipinski definition) is 2.